The van der Waals surface area contributed by atoms with E-state index < -0.39 is 5.91 Å². The Morgan fingerprint density at radius 2 is 1.75 bits per heavy atom. The number of nitrogen functional groups attached to an aromatic ring is 1. The van der Waals surface area contributed by atoms with Gasteiger partial charge in [-0.15, -0.1) is 0 Å². The first-order valence-corrected chi connectivity index (χ1v) is 8.50. The molecule has 4 rings (SSSR count). The van der Waals surface area contributed by atoms with Crippen LogP contribution in [-0.2, 0) is 0 Å². The topological polar surface area (TPSA) is 121 Å². The maximum absolute atomic E-state index is 12.6. The van der Waals surface area contributed by atoms with E-state index in [1.54, 1.807) is 42.5 Å². The van der Waals surface area contributed by atoms with Crippen molar-refractivity contribution in [1.82, 2.24) is 9.97 Å². The number of rotatable bonds is 4. The largest absolute Gasteiger partial charge is 0.507 e. The van der Waals surface area contributed by atoms with Gasteiger partial charge in [-0.2, -0.15) is 0 Å². The Bertz CT molecular complexity index is 1200. The van der Waals surface area contributed by atoms with Crippen LogP contribution in [0.1, 0.15) is 26.3 Å². The minimum atomic E-state index is -0.551. The third-order valence-corrected chi connectivity index (χ3v) is 4.28. The Labute approximate surface area is 159 Å². The number of nitrogens with one attached hydrogen (secondary N) is 2. The van der Waals surface area contributed by atoms with Crippen molar-refractivity contribution < 1.29 is 14.7 Å². The van der Waals surface area contributed by atoms with Crippen LogP contribution < -0.4 is 11.1 Å². The summed E-state index contributed by atoms with van der Waals surface area (Å²) in [5.41, 5.74) is 8.36. The fourth-order valence-electron chi connectivity index (χ4n) is 2.88. The highest BCUT2D eigenvalue weighted by Gasteiger charge is 2.15. The molecule has 1 heterocycles. The van der Waals surface area contributed by atoms with E-state index in [1.165, 1.54) is 18.2 Å². The minimum absolute atomic E-state index is 0.0420. The predicted octanol–water partition coefficient (Wildman–Crippen LogP) is 3.33. The van der Waals surface area contributed by atoms with Crippen LogP contribution in [0.5, 0.6) is 5.75 Å². The van der Waals surface area contributed by atoms with E-state index in [1.807, 2.05) is 6.07 Å². The zero-order valence-electron chi connectivity index (χ0n) is 14.6. The lowest BCUT2D eigenvalue weighted by Gasteiger charge is -2.05. The third kappa shape index (κ3) is 3.28. The first-order valence-electron chi connectivity index (χ1n) is 8.50. The number of aromatic nitrogens is 2. The number of imidazole rings is 1. The highest BCUT2D eigenvalue weighted by molar-refractivity contribution is 6.10. The standard InChI is InChI=1S/C21H16N4O3/c22-14-7-9-18(26)15(11-14)20(28)25-21-23-16-8-6-13(10-17(16)24-21)19(27)12-4-2-1-3-5-12/h1-11,26H,22H2,(H2,23,24,25,28). The number of aromatic hydroxyl groups is 1. The van der Waals surface area contributed by atoms with Gasteiger partial charge in [0.25, 0.3) is 5.91 Å². The predicted molar refractivity (Wildman–Crippen MR) is 106 cm³/mol. The minimum Gasteiger partial charge on any atom is -0.507 e. The molecule has 0 bridgehead atoms. The number of amides is 1. The van der Waals surface area contributed by atoms with E-state index in [2.05, 4.69) is 15.3 Å². The molecule has 0 spiro atoms. The van der Waals surface area contributed by atoms with Crippen LogP contribution in [-0.4, -0.2) is 26.8 Å². The fraction of sp³-hybridized carbons (Fsp3) is 0. The highest BCUT2D eigenvalue weighted by atomic mass is 16.3. The Morgan fingerprint density at radius 3 is 2.54 bits per heavy atom. The second-order valence-corrected chi connectivity index (χ2v) is 6.24. The maximum Gasteiger partial charge on any atom is 0.261 e. The number of carbonyl (C=O) groups is 2. The number of nitrogens with zero attached hydrogens (tertiary/aromatic N) is 1. The van der Waals surface area contributed by atoms with Gasteiger partial charge in [-0.1, -0.05) is 30.3 Å². The molecule has 3 aromatic carbocycles. The SMILES string of the molecule is Nc1ccc(O)c(C(=O)Nc2nc3ccc(C(=O)c4ccccc4)cc3[nH]2)c1. The van der Waals surface area contributed by atoms with E-state index in [0.717, 1.165) is 0 Å². The molecule has 0 aliphatic carbocycles. The average molecular weight is 372 g/mol. The number of phenolic OH excluding ortho intramolecular Hbond substituents is 1. The lowest BCUT2D eigenvalue weighted by atomic mass is 10.0. The van der Waals surface area contributed by atoms with Gasteiger partial charge < -0.3 is 15.8 Å². The van der Waals surface area contributed by atoms with E-state index >= 15 is 0 Å². The molecule has 0 radical (unpaired) electrons. The monoisotopic (exact) mass is 372 g/mol. The second-order valence-electron chi connectivity index (χ2n) is 6.24. The molecule has 0 fully saturated rings. The number of anilines is 2. The summed E-state index contributed by atoms with van der Waals surface area (Å²) < 4.78 is 0. The Kier molecular flexibility index (Phi) is 4.25. The normalized spacial score (nSPS) is 10.7. The van der Waals surface area contributed by atoms with E-state index in [0.29, 0.717) is 27.8 Å². The molecule has 0 unspecified atom stereocenters. The van der Waals surface area contributed by atoms with Gasteiger partial charge in [0, 0.05) is 16.8 Å². The van der Waals surface area contributed by atoms with Gasteiger partial charge in [0.2, 0.25) is 5.95 Å². The molecule has 1 aromatic heterocycles. The number of phenols is 1. The summed E-state index contributed by atoms with van der Waals surface area (Å²) in [4.78, 5) is 32.2. The molecule has 0 atom stereocenters. The summed E-state index contributed by atoms with van der Waals surface area (Å²) in [5, 5.41) is 12.4. The first-order chi connectivity index (χ1) is 13.5. The fourth-order valence-corrected chi connectivity index (χ4v) is 2.88. The average Bonchev–Trinajstić information content (AvgIpc) is 3.11. The van der Waals surface area contributed by atoms with Gasteiger partial charge in [0.15, 0.2) is 5.78 Å². The molecule has 0 saturated heterocycles. The Balaban J connectivity index is 1.61. The van der Waals surface area contributed by atoms with Crippen molar-refractivity contribution in [2.24, 2.45) is 0 Å². The molecule has 0 saturated carbocycles. The number of benzene rings is 3. The van der Waals surface area contributed by atoms with Crippen LogP contribution in [0.15, 0.2) is 66.7 Å². The first kappa shape index (κ1) is 17.3. The lowest BCUT2D eigenvalue weighted by Crippen LogP contribution is -2.13. The molecule has 0 aliphatic rings. The quantitative estimate of drug-likeness (QED) is 0.249. The number of hydrogen-bond donors (Lipinski definition) is 4. The summed E-state index contributed by atoms with van der Waals surface area (Å²) in [5.74, 6) is -0.638. The van der Waals surface area contributed by atoms with E-state index in [9.17, 15) is 14.7 Å². The number of carbonyl (C=O) groups excluding carboxylic acids is 2. The molecule has 7 nitrogen and oxygen atoms in total. The summed E-state index contributed by atoms with van der Waals surface area (Å²) in [7, 11) is 0. The van der Waals surface area contributed by atoms with Gasteiger partial charge in [-0.05, 0) is 36.4 Å². The van der Waals surface area contributed by atoms with Gasteiger partial charge in [-0.25, -0.2) is 4.98 Å². The van der Waals surface area contributed by atoms with Crippen molar-refractivity contribution in [2.75, 3.05) is 11.1 Å². The number of nitrogens with two attached hydrogens (primary N) is 1. The molecule has 4 aromatic rings. The number of H-pyrrole nitrogens is 1. The molecule has 28 heavy (non-hydrogen) atoms. The van der Waals surface area contributed by atoms with Crippen molar-refractivity contribution >= 4 is 34.4 Å². The van der Waals surface area contributed by atoms with Crippen molar-refractivity contribution in [2.45, 2.75) is 0 Å². The van der Waals surface area contributed by atoms with Gasteiger partial charge in [0.1, 0.15) is 5.75 Å². The summed E-state index contributed by atoms with van der Waals surface area (Å²) >= 11 is 0. The van der Waals surface area contributed by atoms with E-state index in [4.69, 9.17) is 5.73 Å². The van der Waals surface area contributed by atoms with Gasteiger partial charge in [-0.3, -0.25) is 14.9 Å². The molecular formula is C21H16N4O3. The third-order valence-electron chi connectivity index (χ3n) is 4.28. The van der Waals surface area contributed by atoms with Crippen molar-refractivity contribution in [3.63, 3.8) is 0 Å². The summed E-state index contributed by atoms with van der Waals surface area (Å²) in [6.07, 6.45) is 0. The van der Waals surface area contributed by atoms with Crippen LogP contribution in [0, 0.1) is 0 Å². The number of ketones is 1. The zero-order chi connectivity index (χ0) is 19.7. The lowest BCUT2D eigenvalue weighted by molar-refractivity contribution is 0.102. The summed E-state index contributed by atoms with van der Waals surface area (Å²) in [6, 6.07) is 18.3. The summed E-state index contributed by atoms with van der Waals surface area (Å²) in [6.45, 7) is 0. The van der Waals surface area contributed by atoms with Crippen LogP contribution in [0.3, 0.4) is 0 Å². The van der Waals surface area contributed by atoms with Crippen LogP contribution in [0.2, 0.25) is 0 Å². The maximum atomic E-state index is 12.6. The second kappa shape index (κ2) is 6.88. The van der Waals surface area contributed by atoms with Crippen molar-refractivity contribution in [3.05, 3.63) is 83.4 Å². The number of fused-ring (bicyclic) bond motifs is 1. The molecule has 7 heteroatoms. The van der Waals surface area contributed by atoms with E-state index in [-0.39, 0.29) is 23.0 Å². The van der Waals surface area contributed by atoms with Crippen molar-refractivity contribution in [3.8, 4) is 5.75 Å². The Morgan fingerprint density at radius 1 is 0.964 bits per heavy atom. The molecular weight excluding hydrogens is 356 g/mol. The van der Waals surface area contributed by atoms with Gasteiger partial charge in [0.05, 0.1) is 16.6 Å². The smallest absolute Gasteiger partial charge is 0.261 e. The molecule has 1 amide bonds. The highest BCUT2D eigenvalue weighted by Crippen LogP contribution is 2.22. The van der Waals surface area contributed by atoms with Crippen LogP contribution >= 0.6 is 0 Å². The number of aromatic amines is 1. The number of hydrogen-bond acceptors (Lipinski definition) is 5. The Hall–Kier alpha value is -4.13. The molecule has 0 aliphatic heterocycles. The zero-order valence-corrected chi connectivity index (χ0v) is 14.6. The molecule has 138 valence electrons. The van der Waals surface area contributed by atoms with Crippen molar-refractivity contribution in [1.29, 1.82) is 0 Å². The van der Waals surface area contributed by atoms with Gasteiger partial charge >= 0.3 is 0 Å². The van der Waals surface area contributed by atoms with Crippen LogP contribution in [0.25, 0.3) is 11.0 Å². The van der Waals surface area contributed by atoms with Crippen LogP contribution in [0.4, 0.5) is 11.6 Å². The molecule has 5 N–H and O–H groups in total.